The second kappa shape index (κ2) is 10.0. The van der Waals surface area contributed by atoms with Gasteiger partial charge in [0.2, 0.25) is 0 Å². The van der Waals surface area contributed by atoms with Crippen molar-refractivity contribution in [3.05, 3.63) is 83.0 Å². The molecule has 0 aliphatic carbocycles. The molecule has 0 aliphatic heterocycles. The zero-order valence-corrected chi connectivity index (χ0v) is 15.3. The minimum absolute atomic E-state index is 1.10. The molecule has 0 amide bonds. The van der Waals surface area contributed by atoms with E-state index in [1.54, 1.807) is 0 Å². The normalized spacial score (nSPS) is 11.5. The topological polar surface area (TPSA) is 3.24 Å². The van der Waals surface area contributed by atoms with Crippen molar-refractivity contribution in [3.63, 3.8) is 0 Å². The summed E-state index contributed by atoms with van der Waals surface area (Å²) in [5.74, 6) is 0. The van der Waals surface area contributed by atoms with Crippen LogP contribution in [0.3, 0.4) is 0 Å². The van der Waals surface area contributed by atoms with Crippen molar-refractivity contribution >= 4 is 27.3 Å². The Balaban J connectivity index is 0.00000116. The Morgan fingerprint density at radius 3 is 1.59 bits per heavy atom. The summed E-state index contributed by atoms with van der Waals surface area (Å²) in [6, 6.07) is 20.8. The van der Waals surface area contributed by atoms with Gasteiger partial charge in [-0.2, -0.15) is 0 Å². The Morgan fingerprint density at radius 1 is 0.864 bits per heavy atom. The third-order valence-corrected chi connectivity index (χ3v) is 3.35. The molecule has 2 aromatic carbocycles. The van der Waals surface area contributed by atoms with E-state index in [2.05, 4.69) is 88.4 Å². The van der Waals surface area contributed by atoms with Gasteiger partial charge in [0.25, 0.3) is 0 Å². The standard InChI is InChI=1S/C18H18BrN.C2H6/c1-3-10-18(15(2)19)20(16-11-6-4-7-12-16)17-13-8-5-9-14-17;1-2/h3-14H,1-2H3;1-2H3/b10-3-,18-15-;. The summed E-state index contributed by atoms with van der Waals surface area (Å²) >= 11 is 3.62. The van der Waals surface area contributed by atoms with Crippen molar-refractivity contribution in [2.75, 3.05) is 4.90 Å². The second-order valence-electron chi connectivity index (χ2n) is 4.43. The summed E-state index contributed by atoms with van der Waals surface area (Å²) in [7, 11) is 0. The lowest BCUT2D eigenvalue weighted by atomic mass is 10.2. The molecule has 1 nitrogen and oxygen atoms in total. The molecule has 0 unspecified atom stereocenters. The van der Waals surface area contributed by atoms with Gasteiger partial charge in [-0.3, -0.25) is 0 Å². The molecule has 116 valence electrons. The number of halogens is 1. The molecular formula is C20H24BrN. The lowest BCUT2D eigenvalue weighted by molar-refractivity contribution is 1.19. The van der Waals surface area contributed by atoms with Gasteiger partial charge in [0.15, 0.2) is 0 Å². The molecule has 0 spiro atoms. The second-order valence-corrected chi connectivity index (χ2v) is 5.61. The van der Waals surface area contributed by atoms with Gasteiger partial charge < -0.3 is 4.90 Å². The number of allylic oxidation sites excluding steroid dienone is 3. The Hall–Kier alpha value is -1.80. The van der Waals surface area contributed by atoms with E-state index < -0.39 is 0 Å². The molecule has 0 N–H and O–H groups in total. The third kappa shape index (κ3) is 4.88. The Morgan fingerprint density at radius 2 is 1.27 bits per heavy atom. The zero-order valence-electron chi connectivity index (χ0n) is 13.8. The fourth-order valence-electron chi connectivity index (χ4n) is 2.08. The van der Waals surface area contributed by atoms with Crippen LogP contribution in [0.5, 0.6) is 0 Å². The highest BCUT2D eigenvalue weighted by molar-refractivity contribution is 9.11. The molecule has 0 atom stereocenters. The van der Waals surface area contributed by atoms with Crippen LogP contribution in [0.1, 0.15) is 27.7 Å². The highest BCUT2D eigenvalue weighted by atomic mass is 79.9. The zero-order chi connectivity index (χ0) is 16.4. The predicted molar refractivity (Wildman–Crippen MR) is 103 cm³/mol. The molecule has 22 heavy (non-hydrogen) atoms. The number of hydrogen-bond acceptors (Lipinski definition) is 1. The van der Waals surface area contributed by atoms with Crippen molar-refractivity contribution in [2.24, 2.45) is 0 Å². The molecule has 0 heterocycles. The SMILES string of the molecule is C/C=C\C(=C(/C)Br)N(c1ccccc1)c1ccccc1.CC. The van der Waals surface area contributed by atoms with Crippen LogP contribution < -0.4 is 4.90 Å². The van der Waals surface area contributed by atoms with E-state index in [9.17, 15) is 0 Å². The predicted octanol–water partition coefficient (Wildman–Crippen LogP) is 7.05. The molecule has 0 aliphatic rings. The smallest absolute Gasteiger partial charge is 0.0556 e. The van der Waals surface area contributed by atoms with Crippen LogP contribution in [0.4, 0.5) is 11.4 Å². The average molecular weight is 358 g/mol. The molecule has 0 bridgehead atoms. The van der Waals surface area contributed by atoms with Crippen LogP contribution in [0.15, 0.2) is 83.0 Å². The lowest BCUT2D eigenvalue weighted by Gasteiger charge is -2.27. The number of benzene rings is 2. The van der Waals surface area contributed by atoms with E-state index in [0.717, 1.165) is 21.6 Å². The Bertz CT molecular complexity index is 557. The molecule has 0 radical (unpaired) electrons. The van der Waals surface area contributed by atoms with E-state index in [0.29, 0.717) is 0 Å². The molecule has 0 fully saturated rings. The molecule has 2 heteroatoms. The van der Waals surface area contributed by atoms with Crippen molar-refractivity contribution in [1.29, 1.82) is 0 Å². The molecular weight excluding hydrogens is 334 g/mol. The summed E-state index contributed by atoms with van der Waals surface area (Å²) in [5, 5.41) is 0. The van der Waals surface area contributed by atoms with Crippen LogP contribution in [-0.4, -0.2) is 0 Å². The molecule has 0 saturated heterocycles. The third-order valence-electron chi connectivity index (χ3n) is 2.95. The van der Waals surface area contributed by atoms with Gasteiger partial charge in [0.05, 0.1) is 5.70 Å². The van der Waals surface area contributed by atoms with Gasteiger partial charge in [-0.15, -0.1) is 0 Å². The minimum atomic E-state index is 1.10. The number of anilines is 2. The first-order valence-corrected chi connectivity index (χ1v) is 8.42. The maximum atomic E-state index is 3.62. The first-order chi connectivity index (χ1) is 10.7. The van der Waals surface area contributed by atoms with E-state index in [4.69, 9.17) is 0 Å². The summed E-state index contributed by atoms with van der Waals surface area (Å²) in [6.45, 7) is 8.10. The van der Waals surface area contributed by atoms with Crippen molar-refractivity contribution < 1.29 is 0 Å². The fourth-order valence-corrected chi connectivity index (χ4v) is 2.39. The molecule has 2 aromatic rings. The minimum Gasteiger partial charge on any atom is -0.310 e. The van der Waals surface area contributed by atoms with Crippen molar-refractivity contribution in [1.82, 2.24) is 0 Å². The lowest BCUT2D eigenvalue weighted by Crippen LogP contribution is -2.15. The summed E-state index contributed by atoms with van der Waals surface area (Å²) in [4.78, 5) is 2.24. The number of rotatable bonds is 4. The van der Waals surface area contributed by atoms with Gasteiger partial charge in [-0.05, 0) is 44.2 Å². The average Bonchev–Trinajstić information content (AvgIpc) is 2.58. The quantitative estimate of drug-likeness (QED) is 0.529. The van der Waals surface area contributed by atoms with Crippen LogP contribution in [-0.2, 0) is 0 Å². The Labute approximate surface area is 143 Å². The largest absolute Gasteiger partial charge is 0.310 e. The van der Waals surface area contributed by atoms with Gasteiger partial charge in [0.1, 0.15) is 0 Å². The van der Waals surface area contributed by atoms with E-state index in [1.165, 1.54) is 0 Å². The maximum Gasteiger partial charge on any atom is 0.0556 e. The monoisotopic (exact) mass is 357 g/mol. The first-order valence-electron chi connectivity index (χ1n) is 7.63. The maximum absolute atomic E-state index is 3.62. The van der Waals surface area contributed by atoms with E-state index in [1.807, 2.05) is 32.9 Å². The summed E-state index contributed by atoms with van der Waals surface area (Å²) in [5.41, 5.74) is 3.42. The fraction of sp³-hybridized carbons (Fsp3) is 0.200. The Kier molecular flexibility index (Phi) is 8.31. The van der Waals surface area contributed by atoms with E-state index >= 15 is 0 Å². The summed E-state index contributed by atoms with van der Waals surface area (Å²) < 4.78 is 1.10. The van der Waals surface area contributed by atoms with Gasteiger partial charge in [0, 0.05) is 15.9 Å². The van der Waals surface area contributed by atoms with Crippen LogP contribution in [0, 0.1) is 0 Å². The van der Waals surface area contributed by atoms with Crippen molar-refractivity contribution in [3.8, 4) is 0 Å². The van der Waals surface area contributed by atoms with Gasteiger partial charge in [-0.1, -0.05) is 72.3 Å². The molecule has 2 rings (SSSR count). The number of para-hydroxylation sites is 2. The van der Waals surface area contributed by atoms with Crippen molar-refractivity contribution in [2.45, 2.75) is 27.7 Å². The van der Waals surface area contributed by atoms with Crippen LogP contribution >= 0.6 is 15.9 Å². The first kappa shape index (κ1) is 18.2. The van der Waals surface area contributed by atoms with Crippen LogP contribution in [0.25, 0.3) is 0 Å². The van der Waals surface area contributed by atoms with E-state index in [-0.39, 0.29) is 0 Å². The van der Waals surface area contributed by atoms with Gasteiger partial charge in [-0.25, -0.2) is 0 Å². The number of hydrogen-bond donors (Lipinski definition) is 0. The highest BCUT2D eigenvalue weighted by Gasteiger charge is 2.13. The molecule has 0 aromatic heterocycles. The van der Waals surface area contributed by atoms with Gasteiger partial charge >= 0.3 is 0 Å². The highest BCUT2D eigenvalue weighted by Crippen LogP contribution is 2.32. The molecule has 0 saturated carbocycles. The summed E-state index contributed by atoms with van der Waals surface area (Å²) in [6.07, 6.45) is 4.17. The van der Waals surface area contributed by atoms with Crippen LogP contribution in [0.2, 0.25) is 0 Å². The number of nitrogens with zero attached hydrogens (tertiary/aromatic N) is 1.